The molecule has 4 heteroatoms. The Kier molecular flexibility index (Phi) is 3.64. The third-order valence-electron chi connectivity index (χ3n) is 4.81. The predicted octanol–water partition coefficient (Wildman–Crippen LogP) is 3.27. The van der Waals surface area contributed by atoms with Crippen molar-refractivity contribution in [3.8, 4) is 0 Å². The molecule has 0 aromatic heterocycles. The van der Waals surface area contributed by atoms with Crippen LogP contribution in [-0.4, -0.2) is 18.4 Å². The lowest BCUT2D eigenvalue weighted by atomic mass is 9.78. The van der Waals surface area contributed by atoms with E-state index >= 15 is 0 Å². The first-order chi connectivity index (χ1) is 9.68. The number of fused-ring (bicyclic) bond motifs is 1. The molecule has 2 aliphatic rings. The topological polar surface area (TPSA) is 53.1 Å². The van der Waals surface area contributed by atoms with Crippen LogP contribution in [0.4, 0.5) is 10.1 Å². The minimum atomic E-state index is -0.382. The summed E-state index contributed by atoms with van der Waals surface area (Å²) in [5.41, 5.74) is 6.70. The first kappa shape index (κ1) is 13.4. The minimum absolute atomic E-state index is 0.170. The number of hydrogen-bond donors (Lipinski definition) is 2. The lowest BCUT2D eigenvalue weighted by Gasteiger charge is -2.46. The average molecular weight is 275 g/mol. The fourth-order valence-electron chi connectivity index (χ4n) is 3.94. The van der Waals surface area contributed by atoms with Crippen molar-refractivity contribution in [1.82, 2.24) is 0 Å². The smallest absolute Gasteiger partial charge is 0.136 e. The molecule has 20 heavy (non-hydrogen) atoms. The molecular weight excluding hydrogens is 253 g/mol. The van der Waals surface area contributed by atoms with Crippen molar-refractivity contribution < 1.29 is 4.39 Å². The molecule has 0 spiro atoms. The van der Waals surface area contributed by atoms with Crippen molar-refractivity contribution in [3.63, 3.8) is 0 Å². The van der Waals surface area contributed by atoms with Crippen molar-refractivity contribution in [2.24, 2.45) is 11.7 Å². The molecule has 1 aromatic rings. The quantitative estimate of drug-likeness (QED) is 0.643. The number of benzene rings is 1. The van der Waals surface area contributed by atoms with Gasteiger partial charge in [0.1, 0.15) is 11.7 Å². The Bertz CT molecular complexity index is 512. The van der Waals surface area contributed by atoms with Gasteiger partial charge in [-0.25, -0.2) is 4.39 Å². The van der Waals surface area contributed by atoms with Gasteiger partial charge in [-0.2, -0.15) is 0 Å². The van der Waals surface area contributed by atoms with Gasteiger partial charge in [0, 0.05) is 12.6 Å². The molecule has 1 heterocycles. The summed E-state index contributed by atoms with van der Waals surface area (Å²) >= 11 is 0. The highest BCUT2D eigenvalue weighted by Gasteiger charge is 2.34. The summed E-state index contributed by atoms with van der Waals surface area (Å²) in [5, 5.41) is 7.68. The maximum Gasteiger partial charge on any atom is 0.136 e. The molecule has 2 atom stereocenters. The highest BCUT2D eigenvalue weighted by molar-refractivity contribution is 6.00. The molecule has 0 amide bonds. The second-order valence-corrected chi connectivity index (χ2v) is 6.00. The largest absolute Gasteiger partial charge is 0.384 e. The Morgan fingerprint density at radius 2 is 1.95 bits per heavy atom. The van der Waals surface area contributed by atoms with Crippen molar-refractivity contribution in [2.45, 2.75) is 44.6 Å². The van der Waals surface area contributed by atoms with E-state index in [9.17, 15) is 4.39 Å². The van der Waals surface area contributed by atoms with Gasteiger partial charge in [-0.3, -0.25) is 5.41 Å². The van der Waals surface area contributed by atoms with Crippen LogP contribution in [0.15, 0.2) is 18.2 Å². The lowest BCUT2D eigenvalue weighted by Crippen LogP contribution is -2.47. The Labute approximate surface area is 119 Å². The monoisotopic (exact) mass is 275 g/mol. The number of nitrogens with zero attached hydrogens (tertiary/aromatic N) is 1. The number of halogens is 1. The third-order valence-corrected chi connectivity index (χ3v) is 4.81. The summed E-state index contributed by atoms with van der Waals surface area (Å²) in [4.78, 5) is 2.31. The van der Waals surface area contributed by atoms with Gasteiger partial charge in [0.25, 0.3) is 0 Å². The third kappa shape index (κ3) is 2.28. The fourth-order valence-corrected chi connectivity index (χ4v) is 3.94. The minimum Gasteiger partial charge on any atom is -0.384 e. The molecule has 1 aromatic carbocycles. The van der Waals surface area contributed by atoms with Crippen molar-refractivity contribution in [2.75, 3.05) is 11.4 Å². The molecule has 0 unspecified atom stereocenters. The van der Waals surface area contributed by atoms with Crippen molar-refractivity contribution in [1.29, 1.82) is 5.41 Å². The molecule has 1 aliphatic carbocycles. The lowest BCUT2D eigenvalue weighted by molar-refractivity contribution is 0.243. The molecule has 3 rings (SSSR count). The van der Waals surface area contributed by atoms with Gasteiger partial charge in [0.05, 0.1) is 11.3 Å². The van der Waals surface area contributed by atoms with Crippen LogP contribution in [0.25, 0.3) is 0 Å². The van der Waals surface area contributed by atoms with Gasteiger partial charge < -0.3 is 10.6 Å². The zero-order valence-corrected chi connectivity index (χ0v) is 11.7. The number of nitrogen functional groups attached to an aromatic ring is 1. The number of piperidine rings is 1. The maximum absolute atomic E-state index is 14.0. The summed E-state index contributed by atoms with van der Waals surface area (Å²) < 4.78 is 14.0. The van der Waals surface area contributed by atoms with Gasteiger partial charge in [0.2, 0.25) is 0 Å². The number of amidine groups is 1. The second kappa shape index (κ2) is 5.43. The highest BCUT2D eigenvalue weighted by atomic mass is 19.1. The first-order valence-corrected chi connectivity index (χ1v) is 7.58. The summed E-state index contributed by atoms with van der Waals surface area (Å²) in [6, 6.07) is 5.53. The zero-order valence-electron chi connectivity index (χ0n) is 11.7. The highest BCUT2D eigenvalue weighted by Crippen LogP contribution is 2.39. The standard InChI is InChI=1S/C16H22FN3/c17-12-7-3-9-14(15(12)16(18)19)20-10-4-6-11-5-1-2-8-13(11)20/h3,7,9,11,13H,1-2,4-6,8,10H2,(H3,18,19)/t11-,13-/m1/s1. The number of hydrogen-bond acceptors (Lipinski definition) is 2. The van der Waals surface area contributed by atoms with Crippen LogP contribution < -0.4 is 10.6 Å². The van der Waals surface area contributed by atoms with E-state index in [0.717, 1.165) is 24.6 Å². The van der Waals surface area contributed by atoms with E-state index in [4.69, 9.17) is 11.1 Å². The van der Waals surface area contributed by atoms with E-state index in [2.05, 4.69) is 4.90 Å². The molecule has 3 nitrogen and oxygen atoms in total. The van der Waals surface area contributed by atoms with Crippen LogP contribution >= 0.6 is 0 Å². The van der Waals surface area contributed by atoms with Gasteiger partial charge in [-0.15, -0.1) is 0 Å². The molecule has 1 saturated heterocycles. The number of nitrogens with two attached hydrogens (primary N) is 1. The zero-order chi connectivity index (χ0) is 14.1. The van der Waals surface area contributed by atoms with Crippen LogP contribution in [0.5, 0.6) is 0 Å². The van der Waals surface area contributed by atoms with Crippen molar-refractivity contribution >= 4 is 11.5 Å². The van der Waals surface area contributed by atoms with E-state index in [-0.39, 0.29) is 17.2 Å². The second-order valence-electron chi connectivity index (χ2n) is 6.00. The Hall–Kier alpha value is -1.58. The van der Waals surface area contributed by atoms with Gasteiger partial charge in [-0.05, 0) is 43.7 Å². The molecule has 3 N–H and O–H groups in total. The molecule has 2 fully saturated rings. The Morgan fingerprint density at radius 3 is 2.75 bits per heavy atom. The molecule has 108 valence electrons. The van der Waals surface area contributed by atoms with Crippen molar-refractivity contribution in [3.05, 3.63) is 29.6 Å². The Balaban J connectivity index is 1.99. The van der Waals surface area contributed by atoms with E-state index in [1.54, 1.807) is 6.07 Å². The van der Waals surface area contributed by atoms with E-state index in [1.165, 1.54) is 38.2 Å². The normalized spacial score (nSPS) is 26.1. The molecule has 1 aliphatic heterocycles. The average Bonchev–Trinajstić information content (AvgIpc) is 2.46. The SMILES string of the molecule is N=C(N)c1c(F)cccc1N1CCC[C@H]2CCCC[C@H]21. The van der Waals surface area contributed by atoms with Crippen LogP contribution in [0, 0.1) is 17.1 Å². The Morgan fingerprint density at radius 1 is 1.20 bits per heavy atom. The van der Waals surface area contributed by atoms with Crippen LogP contribution in [0.2, 0.25) is 0 Å². The van der Waals surface area contributed by atoms with Gasteiger partial charge in [-0.1, -0.05) is 18.9 Å². The molecule has 1 saturated carbocycles. The van der Waals surface area contributed by atoms with E-state index in [0.29, 0.717) is 6.04 Å². The number of nitrogens with one attached hydrogen (secondary N) is 1. The number of anilines is 1. The van der Waals surface area contributed by atoms with Crippen LogP contribution in [0.3, 0.4) is 0 Å². The van der Waals surface area contributed by atoms with Gasteiger partial charge in [0.15, 0.2) is 0 Å². The van der Waals surface area contributed by atoms with E-state index in [1.807, 2.05) is 6.07 Å². The summed E-state index contributed by atoms with van der Waals surface area (Å²) in [5.74, 6) is 0.171. The maximum atomic E-state index is 14.0. The molecule has 0 bridgehead atoms. The molecule has 0 radical (unpaired) electrons. The first-order valence-electron chi connectivity index (χ1n) is 7.58. The van der Waals surface area contributed by atoms with Gasteiger partial charge >= 0.3 is 0 Å². The molecular formula is C16H22FN3. The summed E-state index contributed by atoms with van der Waals surface area (Å²) in [7, 11) is 0. The van der Waals surface area contributed by atoms with Crippen LogP contribution in [0.1, 0.15) is 44.1 Å². The van der Waals surface area contributed by atoms with Crippen LogP contribution in [-0.2, 0) is 0 Å². The number of rotatable bonds is 2. The summed E-state index contributed by atoms with van der Waals surface area (Å²) in [6.07, 6.45) is 7.46. The predicted molar refractivity (Wildman–Crippen MR) is 79.7 cm³/mol. The fraction of sp³-hybridized carbons (Fsp3) is 0.562. The van der Waals surface area contributed by atoms with E-state index < -0.39 is 0 Å². The summed E-state index contributed by atoms with van der Waals surface area (Å²) in [6.45, 7) is 0.949.